The lowest BCUT2D eigenvalue weighted by Gasteiger charge is -2.07. The van der Waals surface area contributed by atoms with Gasteiger partial charge in [0.2, 0.25) is 0 Å². The first kappa shape index (κ1) is 15.6. The average Bonchev–Trinajstić information content (AvgIpc) is 2.97. The Labute approximate surface area is 128 Å². The van der Waals surface area contributed by atoms with Crippen molar-refractivity contribution in [1.82, 2.24) is 10.9 Å². The Hall–Kier alpha value is -2.76. The second-order valence-corrected chi connectivity index (χ2v) is 4.69. The standard InChI is InChI=1S/C16H18N2O4/c1-3-10-21-13-7-5-12(6-8-13)15(19)17-18-16(20)14-9-4-11(2)22-14/h4-9H,3,10H2,1-2H3,(H,17,19)(H,18,20). The molecule has 0 saturated carbocycles. The summed E-state index contributed by atoms with van der Waals surface area (Å²) in [7, 11) is 0. The van der Waals surface area contributed by atoms with Crippen LogP contribution in [-0.4, -0.2) is 18.4 Å². The highest BCUT2D eigenvalue weighted by molar-refractivity contribution is 5.98. The largest absolute Gasteiger partial charge is 0.494 e. The van der Waals surface area contributed by atoms with Crippen LogP contribution in [0.5, 0.6) is 5.75 Å². The van der Waals surface area contributed by atoms with E-state index in [-0.39, 0.29) is 5.76 Å². The Morgan fingerprint density at radius 1 is 1.05 bits per heavy atom. The van der Waals surface area contributed by atoms with Crippen LogP contribution in [0.3, 0.4) is 0 Å². The molecule has 0 bridgehead atoms. The van der Waals surface area contributed by atoms with Crippen LogP contribution in [0, 0.1) is 6.92 Å². The molecule has 0 fully saturated rings. The molecule has 0 atom stereocenters. The van der Waals surface area contributed by atoms with Crippen molar-refractivity contribution in [2.24, 2.45) is 0 Å². The Morgan fingerprint density at radius 2 is 1.73 bits per heavy atom. The van der Waals surface area contributed by atoms with Crippen molar-refractivity contribution in [3.8, 4) is 5.75 Å². The molecule has 0 saturated heterocycles. The highest BCUT2D eigenvalue weighted by Gasteiger charge is 2.12. The van der Waals surface area contributed by atoms with Gasteiger partial charge in [-0.15, -0.1) is 0 Å². The zero-order valence-corrected chi connectivity index (χ0v) is 12.5. The third-order valence-corrected chi connectivity index (χ3v) is 2.84. The number of aryl methyl sites for hydroxylation is 1. The number of carbonyl (C=O) groups is 2. The van der Waals surface area contributed by atoms with Crippen LogP contribution in [0.15, 0.2) is 40.8 Å². The molecule has 0 radical (unpaired) electrons. The molecule has 1 heterocycles. The maximum Gasteiger partial charge on any atom is 0.305 e. The van der Waals surface area contributed by atoms with E-state index in [2.05, 4.69) is 10.9 Å². The monoisotopic (exact) mass is 302 g/mol. The van der Waals surface area contributed by atoms with Crippen molar-refractivity contribution >= 4 is 11.8 Å². The lowest BCUT2D eigenvalue weighted by atomic mass is 10.2. The summed E-state index contributed by atoms with van der Waals surface area (Å²) in [5.74, 6) is 0.539. The number of amides is 2. The van der Waals surface area contributed by atoms with Gasteiger partial charge < -0.3 is 9.15 Å². The van der Waals surface area contributed by atoms with Crippen LogP contribution >= 0.6 is 0 Å². The molecule has 0 aliphatic heterocycles. The van der Waals surface area contributed by atoms with Gasteiger partial charge in [0.25, 0.3) is 5.91 Å². The van der Waals surface area contributed by atoms with Crippen molar-refractivity contribution < 1.29 is 18.7 Å². The summed E-state index contributed by atoms with van der Waals surface area (Å²) in [4.78, 5) is 23.6. The van der Waals surface area contributed by atoms with Crippen molar-refractivity contribution in [1.29, 1.82) is 0 Å². The molecular weight excluding hydrogens is 284 g/mol. The normalized spacial score (nSPS) is 10.1. The highest BCUT2D eigenvalue weighted by Crippen LogP contribution is 2.12. The summed E-state index contributed by atoms with van der Waals surface area (Å²) in [5, 5.41) is 0. The second kappa shape index (κ2) is 7.31. The lowest BCUT2D eigenvalue weighted by molar-refractivity contribution is 0.0830. The number of ether oxygens (including phenoxy) is 1. The quantitative estimate of drug-likeness (QED) is 0.831. The minimum atomic E-state index is -0.510. The topological polar surface area (TPSA) is 80.6 Å². The van der Waals surface area contributed by atoms with Crippen LogP contribution in [0.25, 0.3) is 0 Å². The number of benzene rings is 1. The number of hydrogen-bond acceptors (Lipinski definition) is 4. The van der Waals surface area contributed by atoms with E-state index in [9.17, 15) is 9.59 Å². The first-order valence-electron chi connectivity index (χ1n) is 7.00. The van der Waals surface area contributed by atoms with E-state index in [1.807, 2.05) is 6.92 Å². The first-order valence-corrected chi connectivity index (χ1v) is 7.00. The molecule has 1 aromatic heterocycles. The van der Waals surface area contributed by atoms with Gasteiger partial charge in [-0.1, -0.05) is 6.92 Å². The molecular formula is C16H18N2O4. The summed E-state index contributed by atoms with van der Waals surface area (Å²) < 4.78 is 10.6. The highest BCUT2D eigenvalue weighted by atomic mass is 16.5. The fourth-order valence-corrected chi connectivity index (χ4v) is 1.73. The van der Waals surface area contributed by atoms with E-state index in [0.29, 0.717) is 23.7 Å². The molecule has 6 heteroatoms. The number of hydrogen-bond donors (Lipinski definition) is 2. The molecule has 0 unspecified atom stereocenters. The Balaban J connectivity index is 1.88. The maximum absolute atomic E-state index is 11.9. The zero-order valence-electron chi connectivity index (χ0n) is 12.5. The molecule has 2 rings (SSSR count). The Bertz CT molecular complexity index is 646. The van der Waals surface area contributed by atoms with Crippen LogP contribution in [0.2, 0.25) is 0 Å². The molecule has 6 nitrogen and oxygen atoms in total. The SMILES string of the molecule is CCCOc1ccc(C(=O)NNC(=O)c2ccc(C)o2)cc1. The van der Waals surface area contributed by atoms with Gasteiger partial charge in [0.15, 0.2) is 5.76 Å². The van der Waals surface area contributed by atoms with Gasteiger partial charge >= 0.3 is 5.91 Å². The maximum atomic E-state index is 11.9. The third kappa shape index (κ3) is 4.12. The summed E-state index contributed by atoms with van der Waals surface area (Å²) >= 11 is 0. The van der Waals surface area contributed by atoms with Crippen LogP contribution in [0.4, 0.5) is 0 Å². The number of furan rings is 1. The number of rotatable bonds is 5. The molecule has 116 valence electrons. The summed E-state index contributed by atoms with van der Waals surface area (Å²) in [6.07, 6.45) is 0.917. The molecule has 22 heavy (non-hydrogen) atoms. The van der Waals surface area contributed by atoms with Gasteiger partial charge in [-0.05, 0) is 49.7 Å². The number of hydrazine groups is 1. The van der Waals surface area contributed by atoms with Crippen molar-refractivity contribution in [2.75, 3.05) is 6.61 Å². The molecule has 0 aliphatic carbocycles. The molecule has 0 aliphatic rings. The summed E-state index contributed by atoms with van der Waals surface area (Å²) in [6.45, 7) is 4.38. The van der Waals surface area contributed by atoms with E-state index in [1.54, 1.807) is 37.3 Å². The predicted octanol–water partition coefficient (Wildman–Crippen LogP) is 2.45. The van der Waals surface area contributed by atoms with Gasteiger partial charge in [0.1, 0.15) is 11.5 Å². The fraction of sp³-hybridized carbons (Fsp3) is 0.250. The van der Waals surface area contributed by atoms with E-state index >= 15 is 0 Å². The predicted molar refractivity (Wildman–Crippen MR) is 80.6 cm³/mol. The molecule has 1 aromatic carbocycles. The number of nitrogens with one attached hydrogen (secondary N) is 2. The van der Waals surface area contributed by atoms with Crippen LogP contribution in [-0.2, 0) is 0 Å². The van der Waals surface area contributed by atoms with Gasteiger partial charge in [0.05, 0.1) is 6.61 Å². The van der Waals surface area contributed by atoms with Gasteiger partial charge in [-0.25, -0.2) is 0 Å². The molecule has 2 aromatic rings. The van der Waals surface area contributed by atoms with E-state index < -0.39 is 11.8 Å². The van der Waals surface area contributed by atoms with E-state index in [4.69, 9.17) is 9.15 Å². The van der Waals surface area contributed by atoms with Crippen LogP contribution in [0.1, 0.15) is 40.0 Å². The summed E-state index contributed by atoms with van der Waals surface area (Å²) in [6, 6.07) is 9.89. The summed E-state index contributed by atoms with van der Waals surface area (Å²) in [5.41, 5.74) is 5.04. The first-order chi connectivity index (χ1) is 10.6. The van der Waals surface area contributed by atoms with E-state index in [0.717, 1.165) is 6.42 Å². The van der Waals surface area contributed by atoms with Gasteiger partial charge in [-0.3, -0.25) is 20.4 Å². The van der Waals surface area contributed by atoms with Gasteiger partial charge in [0, 0.05) is 5.56 Å². The molecule has 0 spiro atoms. The molecule has 2 N–H and O–H groups in total. The van der Waals surface area contributed by atoms with Gasteiger partial charge in [-0.2, -0.15) is 0 Å². The smallest absolute Gasteiger partial charge is 0.305 e. The zero-order chi connectivity index (χ0) is 15.9. The fourth-order valence-electron chi connectivity index (χ4n) is 1.73. The Kier molecular flexibility index (Phi) is 5.19. The van der Waals surface area contributed by atoms with Crippen LogP contribution < -0.4 is 15.6 Å². The molecule has 2 amide bonds. The minimum absolute atomic E-state index is 0.140. The third-order valence-electron chi connectivity index (χ3n) is 2.84. The second-order valence-electron chi connectivity index (χ2n) is 4.69. The van der Waals surface area contributed by atoms with E-state index in [1.165, 1.54) is 6.07 Å². The lowest BCUT2D eigenvalue weighted by Crippen LogP contribution is -2.41. The van der Waals surface area contributed by atoms with Crippen molar-refractivity contribution in [3.63, 3.8) is 0 Å². The number of carbonyl (C=O) groups excluding carboxylic acids is 2. The minimum Gasteiger partial charge on any atom is -0.494 e. The average molecular weight is 302 g/mol. The van der Waals surface area contributed by atoms with Crippen molar-refractivity contribution in [2.45, 2.75) is 20.3 Å². The Morgan fingerprint density at radius 3 is 2.32 bits per heavy atom. The van der Waals surface area contributed by atoms with Crippen molar-refractivity contribution in [3.05, 3.63) is 53.5 Å².